The number of aliphatic hydroxyl groups is 1. The molecule has 0 saturated heterocycles. The maximum Gasteiger partial charge on any atom is 0.371 e. The molecular formula is C11H9ClO4S. The van der Waals surface area contributed by atoms with Crippen molar-refractivity contribution < 1.29 is 19.4 Å². The average Bonchev–Trinajstić information content (AvgIpc) is 2.87. The maximum atomic E-state index is 10.6. The zero-order valence-corrected chi connectivity index (χ0v) is 10.4. The fourth-order valence-electron chi connectivity index (χ4n) is 1.38. The summed E-state index contributed by atoms with van der Waals surface area (Å²) in [5, 5.41) is 21.0. The second-order valence-electron chi connectivity index (χ2n) is 3.51. The van der Waals surface area contributed by atoms with Crippen LogP contribution in [0.25, 0.3) is 0 Å². The standard InChI is InChI=1S/C11H9ClO4S/c1-5-4-17-10(8(5)12)9(13)6-2-3-7(16-6)11(14)15/h2-4,9,13H,1H3,(H,14,15). The van der Waals surface area contributed by atoms with Crippen molar-refractivity contribution in [3.63, 3.8) is 0 Å². The minimum atomic E-state index is -1.17. The molecule has 0 radical (unpaired) electrons. The van der Waals surface area contributed by atoms with Gasteiger partial charge in [-0.05, 0) is 30.0 Å². The third kappa shape index (κ3) is 2.22. The first-order chi connectivity index (χ1) is 8.00. The Kier molecular flexibility index (Phi) is 3.24. The molecular weight excluding hydrogens is 264 g/mol. The lowest BCUT2D eigenvalue weighted by atomic mass is 10.2. The zero-order chi connectivity index (χ0) is 12.6. The van der Waals surface area contributed by atoms with E-state index in [2.05, 4.69) is 0 Å². The van der Waals surface area contributed by atoms with Gasteiger partial charge in [-0.25, -0.2) is 4.79 Å². The molecule has 0 bridgehead atoms. The highest BCUT2D eigenvalue weighted by atomic mass is 35.5. The van der Waals surface area contributed by atoms with E-state index in [0.29, 0.717) is 9.90 Å². The molecule has 0 aliphatic carbocycles. The van der Waals surface area contributed by atoms with E-state index in [1.807, 2.05) is 12.3 Å². The van der Waals surface area contributed by atoms with Crippen molar-refractivity contribution in [1.82, 2.24) is 0 Å². The predicted octanol–water partition coefficient (Wildman–Crippen LogP) is 3.08. The van der Waals surface area contributed by atoms with Gasteiger partial charge < -0.3 is 14.6 Å². The van der Waals surface area contributed by atoms with Crippen molar-refractivity contribution in [3.8, 4) is 0 Å². The summed E-state index contributed by atoms with van der Waals surface area (Å²) >= 11 is 7.32. The fraction of sp³-hybridized carbons (Fsp3) is 0.182. The van der Waals surface area contributed by atoms with Crippen LogP contribution in [0.15, 0.2) is 21.9 Å². The number of halogens is 1. The quantitative estimate of drug-likeness (QED) is 0.901. The summed E-state index contributed by atoms with van der Waals surface area (Å²) in [5.41, 5.74) is 0.871. The lowest BCUT2D eigenvalue weighted by molar-refractivity contribution is 0.0655. The topological polar surface area (TPSA) is 70.7 Å². The highest BCUT2D eigenvalue weighted by Crippen LogP contribution is 2.36. The third-order valence-electron chi connectivity index (χ3n) is 2.28. The van der Waals surface area contributed by atoms with E-state index in [0.717, 1.165) is 5.56 Å². The molecule has 2 N–H and O–H groups in total. The number of furan rings is 1. The van der Waals surface area contributed by atoms with Gasteiger partial charge in [0.05, 0.1) is 9.90 Å². The number of hydrogen-bond acceptors (Lipinski definition) is 4. The molecule has 2 aromatic rings. The van der Waals surface area contributed by atoms with Gasteiger partial charge in [0, 0.05) is 0 Å². The van der Waals surface area contributed by atoms with Gasteiger partial charge in [-0.1, -0.05) is 11.6 Å². The summed E-state index contributed by atoms with van der Waals surface area (Å²) in [6, 6.07) is 2.73. The highest BCUT2D eigenvalue weighted by molar-refractivity contribution is 7.10. The number of aliphatic hydroxyl groups excluding tert-OH is 1. The van der Waals surface area contributed by atoms with E-state index < -0.39 is 12.1 Å². The van der Waals surface area contributed by atoms with Crippen LogP contribution < -0.4 is 0 Å². The summed E-state index contributed by atoms with van der Waals surface area (Å²) in [5.74, 6) is -1.20. The van der Waals surface area contributed by atoms with Gasteiger partial charge in [-0.15, -0.1) is 11.3 Å². The molecule has 17 heavy (non-hydrogen) atoms. The molecule has 90 valence electrons. The van der Waals surface area contributed by atoms with E-state index in [4.69, 9.17) is 21.1 Å². The molecule has 2 aromatic heterocycles. The summed E-state index contributed by atoms with van der Waals surface area (Å²) in [7, 11) is 0. The zero-order valence-electron chi connectivity index (χ0n) is 8.81. The van der Waals surface area contributed by atoms with Crippen LogP contribution >= 0.6 is 22.9 Å². The van der Waals surface area contributed by atoms with Gasteiger partial charge in [-0.2, -0.15) is 0 Å². The van der Waals surface area contributed by atoms with Crippen LogP contribution in [0, 0.1) is 6.92 Å². The minimum absolute atomic E-state index is 0.172. The molecule has 0 fully saturated rings. The maximum absolute atomic E-state index is 10.6. The van der Waals surface area contributed by atoms with Gasteiger partial charge in [0.1, 0.15) is 11.9 Å². The minimum Gasteiger partial charge on any atom is -0.475 e. The highest BCUT2D eigenvalue weighted by Gasteiger charge is 2.21. The van der Waals surface area contributed by atoms with Gasteiger partial charge in [0.25, 0.3) is 0 Å². The molecule has 0 spiro atoms. The third-order valence-corrected chi connectivity index (χ3v) is 4.05. The number of carboxylic acid groups (broad SMARTS) is 1. The van der Waals surface area contributed by atoms with Crippen LogP contribution in [0.2, 0.25) is 5.02 Å². The Morgan fingerprint density at radius 1 is 1.53 bits per heavy atom. The monoisotopic (exact) mass is 272 g/mol. The van der Waals surface area contributed by atoms with Crippen LogP contribution in [-0.2, 0) is 0 Å². The van der Waals surface area contributed by atoms with Gasteiger partial charge >= 0.3 is 5.97 Å². The lowest BCUT2D eigenvalue weighted by Crippen LogP contribution is -1.97. The number of hydrogen-bond donors (Lipinski definition) is 2. The number of carboxylic acids is 1. The number of thiophene rings is 1. The molecule has 2 rings (SSSR count). The Labute approximate surface area is 106 Å². The molecule has 2 heterocycles. The first-order valence-electron chi connectivity index (χ1n) is 4.75. The second kappa shape index (κ2) is 4.52. The van der Waals surface area contributed by atoms with E-state index in [-0.39, 0.29) is 11.5 Å². The first-order valence-corrected chi connectivity index (χ1v) is 6.01. The molecule has 6 heteroatoms. The average molecular weight is 273 g/mol. The van der Waals surface area contributed by atoms with Crippen molar-refractivity contribution >= 4 is 28.9 Å². The van der Waals surface area contributed by atoms with Crippen molar-refractivity contribution in [1.29, 1.82) is 0 Å². The molecule has 0 saturated carbocycles. The molecule has 0 aromatic carbocycles. The summed E-state index contributed by atoms with van der Waals surface area (Å²) in [6.07, 6.45) is -1.03. The number of carbonyl (C=O) groups is 1. The van der Waals surface area contributed by atoms with Crippen LogP contribution in [0.4, 0.5) is 0 Å². The SMILES string of the molecule is Cc1csc(C(O)c2ccc(C(=O)O)o2)c1Cl. The number of rotatable bonds is 3. The predicted molar refractivity (Wildman–Crippen MR) is 63.8 cm³/mol. The molecule has 1 atom stereocenters. The summed E-state index contributed by atoms with van der Waals surface area (Å²) in [4.78, 5) is 11.2. The second-order valence-corrected chi connectivity index (χ2v) is 4.80. The molecule has 0 amide bonds. The van der Waals surface area contributed by atoms with E-state index in [9.17, 15) is 9.90 Å². The molecule has 0 aliphatic rings. The number of aromatic carboxylic acids is 1. The Morgan fingerprint density at radius 2 is 2.24 bits per heavy atom. The summed E-state index contributed by atoms with van der Waals surface area (Å²) in [6.45, 7) is 1.83. The number of aryl methyl sites for hydroxylation is 1. The van der Waals surface area contributed by atoms with Crippen molar-refractivity contribution in [3.05, 3.63) is 44.5 Å². The fourth-order valence-corrected chi connectivity index (χ4v) is 2.67. The Hall–Kier alpha value is -1.30. The van der Waals surface area contributed by atoms with Crippen LogP contribution in [0.5, 0.6) is 0 Å². The van der Waals surface area contributed by atoms with Crippen molar-refractivity contribution in [2.75, 3.05) is 0 Å². The summed E-state index contributed by atoms with van der Waals surface area (Å²) < 4.78 is 5.02. The van der Waals surface area contributed by atoms with Gasteiger partial charge in [0.15, 0.2) is 0 Å². The van der Waals surface area contributed by atoms with Crippen LogP contribution in [0.3, 0.4) is 0 Å². The molecule has 4 nitrogen and oxygen atoms in total. The first kappa shape index (κ1) is 12.2. The van der Waals surface area contributed by atoms with Gasteiger partial charge in [0.2, 0.25) is 5.76 Å². The van der Waals surface area contributed by atoms with Crippen LogP contribution in [0.1, 0.15) is 32.9 Å². The Morgan fingerprint density at radius 3 is 2.71 bits per heavy atom. The molecule has 0 aliphatic heterocycles. The van der Waals surface area contributed by atoms with Crippen molar-refractivity contribution in [2.24, 2.45) is 0 Å². The van der Waals surface area contributed by atoms with Gasteiger partial charge in [-0.3, -0.25) is 0 Å². The van der Waals surface area contributed by atoms with Crippen molar-refractivity contribution in [2.45, 2.75) is 13.0 Å². The smallest absolute Gasteiger partial charge is 0.371 e. The lowest BCUT2D eigenvalue weighted by Gasteiger charge is -2.05. The van der Waals surface area contributed by atoms with E-state index >= 15 is 0 Å². The largest absolute Gasteiger partial charge is 0.475 e. The Balaban J connectivity index is 2.33. The van der Waals surface area contributed by atoms with E-state index in [1.54, 1.807) is 0 Å². The van der Waals surface area contributed by atoms with E-state index in [1.165, 1.54) is 23.5 Å². The Bertz CT molecular complexity index is 558. The normalized spacial score (nSPS) is 12.6. The molecule has 1 unspecified atom stereocenters. The van der Waals surface area contributed by atoms with Crippen LogP contribution in [-0.4, -0.2) is 16.2 Å².